The Bertz CT molecular complexity index is 573. The highest BCUT2D eigenvalue weighted by Crippen LogP contribution is 2.02. The highest BCUT2D eigenvalue weighted by atomic mass is 16.4. The van der Waals surface area contributed by atoms with Gasteiger partial charge < -0.3 is 19.5 Å². The minimum Gasteiger partial charge on any atom is -0.478 e. The summed E-state index contributed by atoms with van der Waals surface area (Å²) in [7, 11) is 1.99. The van der Waals surface area contributed by atoms with Crippen LogP contribution in [0.1, 0.15) is 10.4 Å². The molecule has 0 unspecified atom stereocenters. The van der Waals surface area contributed by atoms with Gasteiger partial charge in [0, 0.05) is 38.4 Å². The number of carboxylic acid groups (broad SMARTS) is 1. The molecule has 2 heterocycles. The Hall–Kier alpha value is -2.15. The van der Waals surface area contributed by atoms with Gasteiger partial charge in [0.2, 0.25) is 5.91 Å². The largest absolute Gasteiger partial charge is 0.478 e. The Labute approximate surface area is 116 Å². The van der Waals surface area contributed by atoms with Gasteiger partial charge in [-0.15, -0.1) is 0 Å². The molecule has 0 aliphatic carbocycles. The maximum Gasteiger partial charge on any atom is 0.337 e. The van der Waals surface area contributed by atoms with Crippen LogP contribution in [0.25, 0.3) is 0 Å². The van der Waals surface area contributed by atoms with Crippen molar-refractivity contribution in [3.63, 3.8) is 0 Å². The van der Waals surface area contributed by atoms with Gasteiger partial charge in [-0.3, -0.25) is 9.59 Å². The van der Waals surface area contributed by atoms with Crippen molar-refractivity contribution >= 4 is 11.9 Å². The van der Waals surface area contributed by atoms with Gasteiger partial charge in [-0.1, -0.05) is 0 Å². The van der Waals surface area contributed by atoms with E-state index in [0.29, 0.717) is 13.1 Å². The van der Waals surface area contributed by atoms with E-state index in [4.69, 9.17) is 5.11 Å². The van der Waals surface area contributed by atoms with E-state index < -0.39 is 5.97 Å². The third-order valence-corrected chi connectivity index (χ3v) is 3.39. The van der Waals surface area contributed by atoms with Crippen LogP contribution >= 0.6 is 0 Å². The molecule has 1 aliphatic heterocycles. The van der Waals surface area contributed by atoms with E-state index in [2.05, 4.69) is 4.90 Å². The highest BCUT2D eigenvalue weighted by molar-refractivity contribution is 5.87. The lowest BCUT2D eigenvalue weighted by Gasteiger charge is -2.32. The average Bonchev–Trinajstić information content (AvgIpc) is 2.41. The number of carbonyl (C=O) groups excluding carboxylic acids is 1. The normalized spacial score (nSPS) is 16.1. The number of carbonyl (C=O) groups is 2. The fraction of sp³-hybridized carbons (Fsp3) is 0.462. The summed E-state index contributed by atoms with van der Waals surface area (Å²) >= 11 is 0. The van der Waals surface area contributed by atoms with Crippen molar-refractivity contribution < 1.29 is 14.7 Å². The summed E-state index contributed by atoms with van der Waals surface area (Å²) in [6.07, 6.45) is 1.21. The van der Waals surface area contributed by atoms with Gasteiger partial charge >= 0.3 is 5.97 Å². The summed E-state index contributed by atoms with van der Waals surface area (Å²) in [6, 6.07) is 2.40. The molecule has 0 saturated carbocycles. The molecule has 2 rings (SSSR count). The number of nitrogens with zero attached hydrogens (tertiary/aromatic N) is 3. The monoisotopic (exact) mass is 279 g/mol. The van der Waals surface area contributed by atoms with Gasteiger partial charge in [-0.25, -0.2) is 4.79 Å². The molecule has 108 valence electrons. The molecule has 7 heteroatoms. The summed E-state index contributed by atoms with van der Waals surface area (Å²) < 4.78 is 1.14. The second kappa shape index (κ2) is 5.87. The highest BCUT2D eigenvalue weighted by Gasteiger charge is 2.19. The van der Waals surface area contributed by atoms with Gasteiger partial charge in [0.25, 0.3) is 5.56 Å². The van der Waals surface area contributed by atoms with Crippen LogP contribution in [0.15, 0.2) is 23.1 Å². The second-order valence-electron chi connectivity index (χ2n) is 4.87. The number of amides is 1. The van der Waals surface area contributed by atoms with E-state index in [1.807, 2.05) is 7.05 Å². The first-order valence-corrected chi connectivity index (χ1v) is 6.37. The lowest BCUT2D eigenvalue weighted by molar-refractivity contribution is -0.133. The third kappa shape index (κ3) is 3.24. The Balaban J connectivity index is 2.09. The molecule has 1 aromatic rings. The SMILES string of the molecule is CN1CCN(C(=O)Cn2cc(C(=O)O)ccc2=O)CC1. The second-order valence-corrected chi connectivity index (χ2v) is 4.87. The zero-order valence-corrected chi connectivity index (χ0v) is 11.3. The minimum absolute atomic E-state index is 0.00391. The van der Waals surface area contributed by atoms with Gasteiger partial charge in [0.15, 0.2) is 0 Å². The maximum absolute atomic E-state index is 12.1. The van der Waals surface area contributed by atoms with Gasteiger partial charge in [0.05, 0.1) is 5.56 Å². The predicted octanol–water partition coefficient (Wildman–Crippen LogP) is -0.679. The van der Waals surface area contributed by atoms with Crippen molar-refractivity contribution in [1.82, 2.24) is 14.4 Å². The molecule has 0 atom stereocenters. The van der Waals surface area contributed by atoms with Crippen LogP contribution in [0.2, 0.25) is 0 Å². The zero-order valence-electron chi connectivity index (χ0n) is 11.3. The van der Waals surface area contributed by atoms with Crippen molar-refractivity contribution in [3.8, 4) is 0 Å². The van der Waals surface area contributed by atoms with E-state index in [1.54, 1.807) is 4.90 Å². The van der Waals surface area contributed by atoms with Crippen molar-refractivity contribution in [2.24, 2.45) is 0 Å². The lowest BCUT2D eigenvalue weighted by atomic mass is 10.3. The standard InChI is InChI=1S/C13H17N3O4/c1-14-4-6-15(7-5-14)12(18)9-16-8-10(13(19)20)2-3-11(16)17/h2-3,8H,4-7,9H2,1H3,(H,19,20). The number of pyridine rings is 1. The molecule has 0 spiro atoms. The Morgan fingerprint density at radius 1 is 1.20 bits per heavy atom. The van der Waals surface area contributed by atoms with E-state index in [9.17, 15) is 14.4 Å². The van der Waals surface area contributed by atoms with Crippen LogP contribution < -0.4 is 5.56 Å². The molecular weight excluding hydrogens is 262 g/mol. The minimum atomic E-state index is -1.12. The number of aromatic nitrogens is 1. The van der Waals surface area contributed by atoms with E-state index in [1.165, 1.54) is 18.3 Å². The van der Waals surface area contributed by atoms with E-state index >= 15 is 0 Å². The molecule has 0 bridgehead atoms. The summed E-state index contributed by atoms with van der Waals surface area (Å²) in [6.45, 7) is 2.74. The molecule has 1 aliphatic rings. The molecule has 1 N–H and O–H groups in total. The molecular formula is C13H17N3O4. The summed E-state index contributed by atoms with van der Waals surface area (Å²) in [5.41, 5.74) is -0.381. The van der Waals surface area contributed by atoms with Crippen LogP contribution in [0.5, 0.6) is 0 Å². The van der Waals surface area contributed by atoms with Crippen molar-refractivity contribution in [2.75, 3.05) is 33.2 Å². The summed E-state index contributed by atoms with van der Waals surface area (Å²) in [4.78, 5) is 38.5. The fourth-order valence-electron chi connectivity index (χ4n) is 2.08. The number of aromatic carboxylic acids is 1. The van der Waals surface area contributed by atoms with Crippen molar-refractivity contribution in [2.45, 2.75) is 6.54 Å². The quantitative estimate of drug-likeness (QED) is 0.792. The number of hydrogen-bond acceptors (Lipinski definition) is 4. The van der Waals surface area contributed by atoms with E-state index in [0.717, 1.165) is 17.7 Å². The number of piperazine rings is 1. The first-order valence-electron chi connectivity index (χ1n) is 6.37. The number of carboxylic acids is 1. The molecule has 1 saturated heterocycles. The van der Waals surface area contributed by atoms with Crippen LogP contribution in [0, 0.1) is 0 Å². The molecule has 1 amide bonds. The van der Waals surface area contributed by atoms with Crippen LogP contribution in [0.3, 0.4) is 0 Å². The topological polar surface area (TPSA) is 82.8 Å². The average molecular weight is 279 g/mol. The summed E-state index contributed by atoms with van der Waals surface area (Å²) in [5.74, 6) is -1.28. The Kier molecular flexibility index (Phi) is 4.19. The van der Waals surface area contributed by atoms with Gasteiger partial charge in [-0.2, -0.15) is 0 Å². The zero-order chi connectivity index (χ0) is 14.7. The van der Waals surface area contributed by atoms with Crippen LogP contribution in [0.4, 0.5) is 0 Å². The first-order chi connectivity index (χ1) is 9.47. The van der Waals surface area contributed by atoms with Gasteiger partial charge in [-0.05, 0) is 13.1 Å². The maximum atomic E-state index is 12.1. The van der Waals surface area contributed by atoms with Crippen molar-refractivity contribution in [3.05, 3.63) is 34.2 Å². The van der Waals surface area contributed by atoms with E-state index in [-0.39, 0.29) is 23.6 Å². The Morgan fingerprint density at radius 2 is 1.85 bits per heavy atom. The van der Waals surface area contributed by atoms with Crippen molar-refractivity contribution in [1.29, 1.82) is 0 Å². The molecule has 1 aromatic heterocycles. The van der Waals surface area contributed by atoms with Crippen LogP contribution in [-0.4, -0.2) is 64.6 Å². The molecule has 1 fully saturated rings. The lowest BCUT2D eigenvalue weighted by Crippen LogP contribution is -2.48. The molecule has 0 aromatic carbocycles. The summed E-state index contributed by atoms with van der Waals surface area (Å²) in [5, 5.41) is 8.90. The fourth-order valence-corrected chi connectivity index (χ4v) is 2.08. The molecule has 20 heavy (non-hydrogen) atoms. The molecule has 0 radical (unpaired) electrons. The van der Waals surface area contributed by atoms with Crippen LogP contribution in [-0.2, 0) is 11.3 Å². The number of likely N-dealkylation sites (N-methyl/N-ethyl adjacent to an activating group) is 1. The number of hydrogen-bond donors (Lipinski definition) is 1. The predicted molar refractivity (Wildman–Crippen MR) is 71.7 cm³/mol. The smallest absolute Gasteiger partial charge is 0.337 e. The Morgan fingerprint density at radius 3 is 2.45 bits per heavy atom. The molecule has 7 nitrogen and oxygen atoms in total. The first kappa shape index (κ1) is 14.3. The van der Waals surface area contributed by atoms with Gasteiger partial charge in [0.1, 0.15) is 6.54 Å². The third-order valence-electron chi connectivity index (χ3n) is 3.39. The number of rotatable bonds is 3.